The van der Waals surface area contributed by atoms with E-state index in [1.807, 2.05) is 0 Å². The lowest BCUT2D eigenvalue weighted by molar-refractivity contribution is 0.0567. The molecule has 2 fully saturated rings. The molecule has 21 heavy (non-hydrogen) atoms. The Morgan fingerprint density at radius 1 is 1.00 bits per heavy atom. The van der Waals surface area contributed by atoms with Crippen LogP contribution in [0.5, 0.6) is 5.88 Å². The molecule has 3 aliphatic rings. The molecule has 2 heterocycles. The van der Waals surface area contributed by atoms with E-state index < -0.39 is 0 Å². The Bertz CT molecular complexity index is 528. The smallest absolute Gasteiger partial charge is 0.228 e. The molecular formula is C16H23N3O2. The topological polar surface area (TPSA) is 58.5 Å². The lowest BCUT2D eigenvalue weighted by Gasteiger charge is -2.21. The molecule has 1 aromatic rings. The molecule has 2 atom stereocenters. The molecule has 0 amide bonds. The number of nitrogens with zero attached hydrogens (tertiary/aromatic N) is 3. The van der Waals surface area contributed by atoms with E-state index in [1.54, 1.807) is 0 Å². The Kier molecular flexibility index (Phi) is 3.45. The molecule has 2 aliphatic carbocycles. The first kappa shape index (κ1) is 13.3. The van der Waals surface area contributed by atoms with Gasteiger partial charge in [-0.05, 0) is 51.4 Å². The van der Waals surface area contributed by atoms with E-state index in [0.717, 1.165) is 69.1 Å². The summed E-state index contributed by atoms with van der Waals surface area (Å²) in [5, 5.41) is 10.0. The monoisotopic (exact) mass is 289 g/mol. The molecule has 1 saturated carbocycles. The van der Waals surface area contributed by atoms with Crippen LogP contribution in [0.3, 0.4) is 0 Å². The molecule has 1 aliphatic heterocycles. The molecule has 0 bridgehead atoms. The molecule has 1 N–H and O–H groups in total. The highest BCUT2D eigenvalue weighted by Crippen LogP contribution is 2.33. The van der Waals surface area contributed by atoms with Crippen molar-refractivity contribution >= 4 is 5.95 Å². The second-order valence-corrected chi connectivity index (χ2v) is 6.46. The summed E-state index contributed by atoms with van der Waals surface area (Å²) in [6, 6.07) is 0. The molecule has 0 unspecified atom stereocenters. The average molecular weight is 289 g/mol. The molecule has 0 radical (unpaired) electrons. The standard InChI is InChI=1S/C16H23N3O2/c20-13-7-4-8-14(13)21-15-11-5-3-6-12(11)17-16(18-15)19-9-1-2-10-19/h13-14,20H,1-10H2/t13-,14-/m0/s1. The first-order chi connectivity index (χ1) is 10.3. The van der Waals surface area contributed by atoms with Crippen molar-refractivity contribution in [1.82, 2.24) is 9.97 Å². The second kappa shape index (κ2) is 5.44. The van der Waals surface area contributed by atoms with Crippen molar-refractivity contribution in [1.29, 1.82) is 0 Å². The fourth-order valence-corrected chi connectivity index (χ4v) is 3.73. The predicted molar refractivity (Wildman–Crippen MR) is 79.8 cm³/mol. The third kappa shape index (κ3) is 2.48. The maximum atomic E-state index is 10.0. The Labute approximate surface area is 125 Å². The van der Waals surface area contributed by atoms with Crippen LogP contribution in [0.4, 0.5) is 5.95 Å². The van der Waals surface area contributed by atoms with Crippen LogP contribution < -0.4 is 9.64 Å². The average Bonchev–Trinajstić information content (AvgIpc) is 3.20. The van der Waals surface area contributed by atoms with E-state index in [4.69, 9.17) is 14.7 Å². The van der Waals surface area contributed by atoms with E-state index in [0.29, 0.717) is 0 Å². The van der Waals surface area contributed by atoms with E-state index in [1.165, 1.54) is 18.4 Å². The Morgan fingerprint density at radius 3 is 2.62 bits per heavy atom. The maximum Gasteiger partial charge on any atom is 0.228 e. The maximum absolute atomic E-state index is 10.0. The van der Waals surface area contributed by atoms with Gasteiger partial charge in [-0.2, -0.15) is 4.98 Å². The number of fused-ring (bicyclic) bond motifs is 1. The van der Waals surface area contributed by atoms with Gasteiger partial charge in [-0.1, -0.05) is 0 Å². The van der Waals surface area contributed by atoms with Gasteiger partial charge >= 0.3 is 0 Å². The number of aryl methyl sites for hydroxylation is 1. The van der Waals surface area contributed by atoms with Gasteiger partial charge in [0.15, 0.2) is 0 Å². The summed E-state index contributed by atoms with van der Waals surface area (Å²) in [6.45, 7) is 2.09. The molecule has 4 rings (SSSR count). The van der Waals surface area contributed by atoms with Gasteiger partial charge in [0, 0.05) is 18.7 Å². The number of anilines is 1. The van der Waals surface area contributed by atoms with Gasteiger partial charge in [0.2, 0.25) is 11.8 Å². The van der Waals surface area contributed by atoms with Gasteiger partial charge < -0.3 is 14.7 Å². The zero-order valence-electron chi connectivity index (χ0n) is 12.4. The third-order valence-corrected chi connectivity index (χ3v) is 4.95. The van der Waals surface area contributed by atoms with Crippen molar-refractivity contribution in [2.24, 2.45) is 0 Å². The van der Waals surface area contributed by atoms with Crippen LogP contribution in [0.1, 0.15) is 49.8 Å². The zero-order valence-corrected chi connectivity index (χ0v) is 12.4. The molecule has 0 aromatic carbocycles. The van der Waals surface area contributed by atoms with Gasteiger partial charge in [0.05, 0.1) is 11.8 Å². The van der Waals surface area contributed by atoms with Crippen LogP contribution in [0, 0.1) is 0 Å². The summed E-state index contributed by atoms with van der Waals surface area (Å²) >= 11 is 0. The van der Waals surface area contributed by atoms with Gasteiger partial charge in [-0.3, -0.25) is 0 Å². The first-order valence-electron chi connectivity index (χ1n) is 8.31. The second-order valence-electron chi connectivity index (χ2n) is 6.46. The van der Waals surface area contributed by atoms with Crippen molar-refractivity contribution in [2.75, 3.05) is 18.0 Å². The highest BCUT2D eigenvalue weighted by Gasteiger charge is 2.30. The predicted octanol–water partition coefficient (Wildman–Crippen LogP) is 1.86. The van der Waals surface area contributed by atoms with Crippen molar-refractivity contribution in [3.63, 3.8) is 0 Å². The highest BCUT2D eigenvalue weighted by molar-refractivity contribution is 5.43. The molecule has 114 valence electrons. The fourth-order valence-electron chi connectivity index (χ4n) is 3.73. The van der Waals surface area contributed by atoms with Gasteiger partial charge in [-0.15, -0.1) is 0 Å². The lowest BCUT2D eigenvalue weighted by Crippen LogP contribution is -2.27. The number of aromatic nitrogens is 2. The quantitative estimate of drug-likeness (QED) is 0.920. The van der Waals surface area contributed by atoms with E-state index in [-0.39, 0.29) is 12.2 Å². The summed E-state index contributed by atoms with van der Waals surface area (Å²) in [5.74, 6) is 1.57. The van der Waals surface area contributed by atoms with Crippen molar-refractivity contribution < 1.29 is 9.84 Å². The number of hydrogen-bond acceptors (Lipinski definition) is 5. The molecule has 1 aromatic heterocycles. The van der Waals surface area contributed by atoms with Gasteiger partial charge in [0.1, 0.15) is 6.10 Å². The van der Waals surface area contributed by atoms with Crippen molar-refractivity contribution in [3.8, 4) is 5.88 Å². The largest absolute Gasteiger partial charge is 0.471 e. The third-order valence-electron chi connectivity index (χ3n) is 4.95. The Hall–Kier alpha value is -1.36. The van der Waals surface area contributed by atoms with Gasteiger partial charge in [0.25, 0.3) is 0 Å². The van der Waals surface area contributed by atoms with Crippen LogP contribution in [0.2, 0.25) is 0 Å². The van der Waals surface area contributed by atoms with E-state index >= 15 is 0 Å². The van der Waals surface area contributed by atoms with Crippen LogP contribution in [0.15, 0.2) is 0 Å². The summed E-state index contributed by atoms with van der Waals surface area (Å²) in [4.78, 5) is 11.7. The fraction of sp³-hybridized carbons (Fsp3) is 0.750. The highest BCUT2D eigenvalue weighted by atomic mass is 16.5. The van der Waals surface area contributed by atoms with E-state index in [9.17, 15) is 5.11 Å². The van der Waals surface area contributed by atoms with E-state index in [2.05, 4.69) is 4.90 Å². The Morgan fingerprint density at radius 2 is 1.86 bits per heavy atom. The van der Waals surface area contributed by atoms with Crippen LogP contribution in [0.25, 0.3) is 0 Å². The number of rotatable bonds is 3. The lowest BCUT2D eigenvalue weighted by atomic mass is 10.2. The molecule has 1 saturated heterocycles. The minimum absolute atomic E-state index is 0.0870. The van der Waals surface area contributed by atoms with Gasteiger partial charge in [-0.25, -0.2) is 4.98 Å². The molecule has 5 nitrogen and oxygen atoms in total. The molecule has 0 spiro atoms. The van der Waals surface area contributed by atoms with Crippen LogP contribution in [-0.2, 0) is 12.8 Å². The summed E-state index contributed by atoms with van der Waals surface area (Å²) in [5.41, 5.74) is 2.34. The van der Waals surface area contributed by atoms with Crippen molar-refractivity contribution in [2.45, 2.75) is 63.6 Å². The summed E-state index contributed by atoms with van der Waals surface area (Å²) in [7, 11) is 0. The molecule has 5 heteroatoms. The normalized spacial score (nSPS) is 28.1. The minimum Gasteiger partial charge on any atom is -0.471 e. The summed E-state index contributed by atoms with van der Waals surface area (Å²) in [6.07, 6.45) is 8.00. The minimum atomic E-state index is -0.341. The SMILES string of the molecule is O[C@H]1CCC[C@@H]1Oc1nc(N2CCCC2)nc2c1CCC2. The number of ether oxygens (including phenoxy) is 1. The number of hydrogen-bond donors (Lipinski definition) is 1. The summed E-state index contributed by atoms with van der Waals surface area (Å²) < 4.78 is 6.10. The zero-order chi connectivity index (χ0) is 14.2. The first-order valence-corrected chi connectivity index (χ1v) is 8.31. The number of aliphatic hydroxyl groups is 1. The van der Waals surface area contributed by atoms with Crippen molar-refractivity contribution in [3.05, 3.63) is 11.3 Å². The molecular weight excluding hydrogens is 266 g/mol. The number of aliphatic hydroxyl groups excluding tert-OH is 1. The van der Waals surface area contributed by atoms with Crippen LogP contribution >= 0.6 is 0 Å². The Balaban J connectivity index is 1.64. The van der Waals surface area contributed by atoms with Crippen LogP contribution in [-0.4, -0.2) is 40.4 Å².